The maximum absolute atomic E-state index is 6.13. The Morgan fingerprint density at radius 3 is 2.92 bits per heavy atom. The highest BCUT2D eigenvalue weighted by molar-refractivity contribution is 6.30. The molecule has 4 rings (SSSR count). The van der Waals surface area contributed by atoms with Gasteiger partial charge < -0.3 is 14.5 Å². The quantitative estimate of drug-likeness (QED) is 0.677. The van der Waals surface area contributed by atoms with Crippen molar-refractivity contribution in [3.8, 4) is 0 Å². The Kier molecular flexibility index (Phi) is 5.49. The zero-order chi connectivity index (χ0) is 17.9. The van der Waals surface area contributed by atoms with Crippen LogP contribution in [0.25, 0.3) is 0 Å². The number of nitrogens with one attached hydrogen (secondary N) is 2. The van der Waals surface area contributed by atoms with Crippen LogP contribution in [0.4, 0.5) is 0 Å². The summed E-state index contributed by atoms with van der Waals surface area (Å²) < 4.78 is 7.12. The lowest BCUT2D eigenvalue weighted by Gasteiger charge is -2.36. The van der Waals surface area contributed by atoms with Crippen LogP contribution in [0, 0.1) is 0 Å². The van der Waals surface area contributed by atoms with E-state index in [2.05, 4.69) is 27.7 Å². The van der Waals surface area contributed by atoms with Gasteiger partial charge in [0.25, 0.3) is 0 Å². The number of tetrazole rings is 1. The van der Waals surface area contributed by atoms with Gasteiger partial charge in [0.1, 0.15) is 25.7 Å². The fraction of sp³-hybridized carbons (Fsp3) is 0.611. The molecule has 0 bridgehead atoms. The van der Waals surface area contributed by atoms with Gasteiger partial charge in [-0.3, -0.25) is 0 Å². The van der Waals surface area contributed by atoms with Crippen molar-refractivity contribution in [2.24, 2.45) is 0 Å². The molecule has 2 aliphatic heterocycles. The molecule has 2 fully saturated rings. The minimum absolute atomic E-state index is 0.126. The van der Waals surface area contributed by atoms with Crippen LogP contribution < -0.4 is 9.80 Å². The van der Waals surface area contributed by atoms with E-state index in [-0.39, 0.29) is 6.04 Å². The number of rotatable bonds is 6. The lowest BCUT2D eigenvalue weighted by Crippen LogP contribution is -3.29. The van der Waals surface area contributed by atoms with Crippen LogP contribution in [-0.2, 0) is 11.3 Å². The third-order valence-corrected chi connectivity index (χ3v) is 6.09. The van der Waals surface area contributed by atoms with Gasteiger partial charge in [-0.15, -0.1) is 5.10 Å². The van der Waals surface area contributed by atoms with Crippen molar-refractivity contribution < 1.29 is 14.5 Å². The number of halogens is 1. The summed E-state index contributed by atoms with van der Waals surface area (Å²) in [6, 6.07) is 9.04. The molecule has 2 unspecified atom stereocenters. The van der Waals surface area contributed by atoms with E-state index >= 15 is 0 Å². The largest absolute Gasteiger partial charge is 0.383 e. The second kappa shape index (κ2) is 8.00. The van der Waals surface area contributed by atoms with Crippen molar-refractivity contribution in [2.75, 3.05) is 39.9 Å². The Morgan fingerprint density at radius 1 is 1.27 bits per heavy atom. The van der Waals surface area contributed by atoms with Gasteiger partial charge in [-0.2, -0.15) is 0 Å². The highest BCUT2D eigenvalue weighted by atomic mass is 35.5. The van der Waals surface area contributed by atoms with Crippen LogP contribution >= 0.6 is 11.6 Å². The van der Waals surface area contributed by atoms with Gasteiger partial charge in [-0.25, -0.2) is 4.68 Å². The number of aromatic nitrogens is 4. The number of hydrogen-bond donors (Lipinski definition) is 2. The molecule has 0 aliphatic carbocycles. The van der Waals surface area contributed by atoms with Gasteiger partial charge in [0.2, 0.25) is 5.82 Å². The topological polar surface area (TPSA) is 61.7 Å². The second-order valence-corrected chi connectivity index (χ2v) is 7.78. The van der Waals surface area contributed by atoms with Crippen molar-refractivity contribution in [1.82, 2.24) is 20.2 Å². The van der Waals surface area contributed by atoms with Gasteiger partial charge in [-0.1, -0.05) is 23.7 Å². The average Bonchev–Trinajstić information content (AvgIpc) is 3.31. The normalized spacial score (nSPS) is 26.6. The Hall–Kier alpha value is -1.54. The summed E-state index contributed by atoms with van der Waals surface area (Å²) in [6.07, 6.45) is 2.69. The summed E-state index contributed by atoms with van der Waals surface area (Å²) >= 11 is 6.13. The van der Waals surface area contributed by atoms with E-state index in [9.17, 15) is 0 Å². The molecule has 1 aromatic heterocycles. The van der Waals surface area contributed by atoms with Gasteiger partial charge in [-0.05, 0) is 22.6 Å². The first-order chi connectivity index (χ1) is 12.8. The van der Waals surface area contributed by atoms with E-state index in [1.54, 1.807) is 16.9 Å². The van der Waals surface area contributed by atoms with Crippen LogP contribution in [0.2, 0.25) is 5.02 Å². The van der Waals surface area contributed by atoms with E-state index in [1.165, 1.54) is 38.0 Å². The summed E-state index contributed by atoms with van der Waals surface area (Å²) in [6.45, 7) is 6.12. The number of quaternary nitrogens is 2. The van der Waals surface area contributed by atoms with Crippen molar-refractivity contribution in [3.05, 3.63) is 40.7 Å². The maximum Gasteiger partial charge on any atom is 0.214 e. The van der Waals surface area contributed by atoms with Gasteiger partial charge in [0.05, 0.1) is 19.7 Å². The molecule has 0 amide bonds. The number of nitrogens with zero attached hydrogens (tertiary/aromatic N) is 4. The lowest BCUT2D eigenvalue weighted by atomic mass is 10.0. The van der Waals surface area contributed by atoms with Crippen LogP contribution in [-0.4, -0.2) is 66.1 Å². The number of fused-ring (bicyclic) bond motifs is 1. The molecule has 4 atom stereocenters. The number of benzene rings is 1. The smallest absolute Gasteiger partial charge is 0.214 e. The molecular formula is C18H27ClN6O+2. The van der Waals surface area contributed by atoms with Gasteiger partial charge in [0.15, 0.2) is 6.04 Å². The highest BCUT2D eigenvalue weighted by Crippen LogP contribution is 2.20. The van der Waals surface area contributed by atoms with E-state index < -0.39 is 0 Å². The zero-order valence-corrected chi connectivity index (χ0v) is 16.0. The Morgan fingerprint density at radius 2 is 2.12 bits per heavy atom. The minimum atomic E-state index is 0.126. The number of piperazine rings is 1. The second-order valence-electron chi connectivity index (χ2n) is 7.35. The molecule has 2 N–H and O–H groups in total. The fourth-order valence-electron chi connectivity index (χ4n) is 4.54. The molecule has 2 aromatic rings. The lowest BCUT2D eigenvalue weighted by molar-refractivity contribution is -1.03. The minimum Gasteiger partial charge on any atom is -0.383 e. The average molecular weight is 379 g/mol. The van der Waals surface area contributed by atoms with E-state index in [1.807, 2.05) is 16.8 Å². The summed E-state index contributed by atoms with van der Waals surface area (Å²) in [7, 11) is 1.70. The molecular weight excluding hydrogens is 352 g/mol. The molecule has 3 heterocycles. The van der Waals surface area contributed by atoms with Crippen molar-refractivity contribution in [3.63, 3.8) is 0 Å². The molecule has 8 heteroatoms. The van der Waals surface area contributed by atoms with Crippen molar-refractivity contribution in [1.29, 1.82) is 0 Å². The monoisotopic (exact) mass is 378 g/mol. The summed E-state index contributed by atoms with van der Waals surface area (Å²) in [5.41, 5.74) is 1.22. The van der Waals surface area contributed by atoms with Gasteiger partial charge >= 0.3 is 0 Å². The Balaban J connectivity index is 1.66. The van der Waals surface area contributed by atoms with E-state index in [0.717, 1.165) is 23.4 Å². The Labute approximate surface area is 158 Å². The predicted molar refractivity (Wildman–Crippen MR) is 97.4 cm³/mol. The molecule has 2 aliphatic rings. The predicted octanol–water partition coefficient (Wildman–Crippen LogP) is -0.992. The third kappa shape index (κ3) is 3.62. The summed E-state index contributed by atoms with van der Waals surface area (Å²) in [4.78, 5) is 3.33. The first-order valence-electron chi connectivity index (χ1n) is 9.46. The first-order valence-corrected chi connectivity index (χ1v) is 9.83. The third-order valence-electron chi connectivity index (χ3n) is 5.84. The molecule has 1 aromatic carbocycles. The maximum atomic E-state index is 6.13. The number of methoxy groups -OCH3 is 1. The van der Waals surface area contributed by atoms with Crippen LogP contribution in [0.1, 0.15) is 30.3 Å². The Bertz CT molecular complexity index is 721. The molecule has 140 valence electrons. The molecule has 0 radical (unpaired) electrons. The van der Waals surface area contributed by atoms with Crippen LogP contribution in [0.3, 0.4) is 0 Å². The molecule has 2 saturated heterocycles. The summed E-state index contributed by atoms with van der Waals surface area (Å²) in [5, 5.41) is 13.3. The summed E-state index contributed by atoms with van der Waals surface area (Å²) in [5.74, 6) is 0.917. The van der Waals surface area contributed by atoms with E-state index in [0.29, 0.717) is 13.2 Å². The van der Waals surface area contributed by atoms with Crippen molar-refractivity contribution >= 4 is 11.6 Å². The highest BCUT2D eigenvalue weighted by Gasteiger charge is 2.42. The van der Waals surface area contributed by atoms with Crippen LogP contribution in [0.15, 0.2) is 24.3 Å². The van der Waals surface area contributed by atoms with Crippen LogP contribution in [0.5, 0.6) is 0 Å². The SMILES string of the molecule is COCCn1nnnc1[C@H](c1ccc(Cl)cc1)[NH+]1CC[NH+]2CCC[C@@H]2C1. The fourth-order valence-corrected chi connectivity index (χ4v) is 4.67. The standard InChI is InChI=1S/C18H25ClN6O/c1-26-12-11-25-18(20-21-22-25)17(14-4-6-15(19)7-5-14)24-10-9-23-8-2-3-16(23)13-24/h4-7,16-17H,2-3,8-13H2,1H3/p+2/t16-,17+/m1/s1. The van der Waals surface area contributed by atoms with E-state index in [4.69, 9.17) is 16.3 Å². The first kappa shape index (κ1) is 17.9. The van der Waals surface area contributed by atoms with Gasteiger partial charge in [0, 0.05) is 30.5 Å². The zero-order valence-electron chi connectivity index (χ0n) is 15.2. The van der Waals surface area contributed by atoms with Crippen molar-refractivity contribution in [2.45, 2.75) is 31.5 Å². The molecule has 7 nitrogen and oxygen atoms in total. The molecule has 26 heavy (non-hydrogen) atoms. The number of ether oxygens (including phenoxy) is 1. The molecule has 0 saturated carbocycles. The molecule has 0 spiro atoms. The number of hydrogen-bond acceptors (Lipinski definition) is 4.